The normalized spacial score (nSPS) is 12.4. The van der Waals surface area contributed by atoms with E-state index in [4.69, 9.17) is 16.8 Å². The van der Waals surface area contributed by atoms with Crippen LogP contribution in [-0.4, -0.2) is 65.3 Å². The van der Waals surface area contributed by atoms with Crippen molar-refractivity contribution in [3.05, 3.63) is 53.3 Å². The molecule has 3 rings (SSSR count). The van der Waals surface area contributed by atoms with Crippen molar-refractivity contribution in [2.45, 2.75) is 21.2 Å². The maximum atomic E-state index is 13.6. The van der Waals surface area contributed by atoms with Crippen molar-refractivity contribution in [3.8, 4) is 0 Å². The molecule has 14 nitrogen and oxygen atoms in total. The maximum Gasteiger partial charge on any atom is 0.441 e. The van der Waals surface area contributed by atoms with Gasteiger partial charge < -0.3 is 5.32 Å². The second kappa shape index (κ2) is 12.0. The third-order valence-corrected chi connectivity index (χ3v) is 8.03. The number of benzene rings is 2. The Morgan fingerprint density at radius 2 is 1.61 bits per heavy atom. The van der Waals surface area contributed by atoms with Crippen molar-refractivity contribution in [2.75, 3.05) is 21.2 Å². The monoisotopic (exact) mass is 659 g/mol. The molecule has 0 saturated carbocycles. The van der Waals surface area contributed by atoms with Gasteiger partial charge in [0.2, 0.25) is 10.7 Å². The topological polar surface area (TPSA) is 215 Å². The van der Waals surface area contributed by atoms with E-state index in [1.807, 2.05) is 5.43 Å². The lowest BCUT2D eigenvalue weighted by atomic mass is 10.3. The Hall–Kier alpha value is -3.73. The summed E-state index contributed by atoms with van der Waals surface area (Å²) in [5.41, 5.74) is 2.91. The average Bonchev–Trinajstić information content (AvgIpc) is 3.31. The van der Waals surface area contributed by atoms with Gasteiger partial charge in [-0.1, -0.05) is 17.8 Å². The van der Waals surface area contributed by atoms with Gasteiger partial charge in [0.15, 0.2) is 5.16 Å². The molecule has 0 unspecified atom stereocenters. The Bertz CT molecular complexity index is 1710. The molecule has 0 aliphatic rings. The van der Waals surface area contributed by atoms with E-state index in [2.05, 4.69) is 25.2 Å². The molecule has 22 heteroatoms. The third kappa shape index (κ3) is 7.72. The van der Waals surface area contributed by atoms with Crippen molar-refractivity contribution in [1.82, 2.24) is 20.6 Å². The van der Waals surface area contributed by atoms with Crippen LogP contribution >= 0.6 is 24.0 Å². The Balaban J connectivity index is 1.60. The Morgan fingerprint density at radius 3 is 2.20 bits per heavy atom. The molecule has 2 amide bonds. The first-order valence-corrected chi connectivity index (χ1v) is 14.8. The molecule has 0 saturated heterocycles. The number of nitrogens with zero attached hydrogens (tertiary/aromatic N) is 1. The highest BCUT2D eigenvalue weighted by atomic mass is 32.2. The molecular formula is C19H17F4N7O7S4. The first-order valence-electron chi connectivity index (χ1n) is 10.5. The largest absolute Gasteiger partial charge is 0.441 e. The molecule has 222 valence electrons. The zero-order valence-corrected chi connectivity index (χ0v) is 23.1. The van der Waals surface area contributed by atoms with E-state index in [0.717, 1.165) is 36.0 Å². The zero-order chi connectivity index (χ0) is 30.6. The summed E-state index contributed by atoms with van der Waals surface area (Å²) in [6, 6.07) is 9.58. The molecule has 41 heavy (non-hydrogen) atoms. The Kier molecular flexibility index (Phi) is 9.32. The fraction of sp³-hybridized carbons (Fsp3) is 0.158. The van der Waals surface area contributed by atoms with Gasteiger partial charge in [0.1, 0.15) is 0 Å². The highest BCUT2D eigenvalue weighted by molar-refractivity contribution is 7.99. The SMILES string of the molecule is O=C(CSc1nc(=S)[nH][nH]1)Nc1cccc(S(=O)(=O)Nc2ccc(NNC(=O)C(F)(F)C(F)(F)S(=O)(=O)O)cc2)c1. The van der Waals surface area contributed by atoms with Crippen LogP contribution in [0.5, 0.6) is 0 Å². The van der Waals surface area contributed by atoms with Crippen LogP contribution in [0, 0.1) is 4.77 Å². The van der Waals surface area contributed by atoms with Crippen molar-refractivity contribution in [1.29, 1.82) is 0 Å². The van der Waals surface area contributed by atoms with Crippen molar-refractivity contribution >= 4 is 73.0 Å². The number of amides is 2. The van der Waals surface area contributed by atoms with Crippen LogP contribution in [0.2, 0.25) is 0 Å². The smallest absolute Gasteiger partial charge is 0.325 e. The van der Waals surface area contributed by atoms with Crippen LogP contribution in [0.15, 0.2) is 58.6 Å². The second-order valence-electron chi connectivity index (χ2n) is 7.67. The number of hydrogen-bond acceptors (Lipinski definition) is 10. The number of anilines is 3. The summed E-state index contributed by atoms with van der Waals surface area (Å²) in [5.74, 6) is -9.15. The summed E-state index contributed by atoms with van der Waals surface area (Å²) in [4.78, 5) is 27.3. The molecule has 7 N–H and O–H groups in total. The van der Waals surface area contributed by atoms with Crippen LogP contribution < -0.4 is 20.9 Å². The Labute approximate surface area is 237 Å². The number of carbonyl (C=O) groups excluding carboxylic acids is 2. The molecule has 0 aliphatic heterocycles. The van der Waals surface area contributed by atoms with E-state index < -0.39 is 43.1 Å². The first kappa shape index (κ1) is 31.8. The number of alkyl halides is 4. The quantitative estimate of drug-likeness (QED) is 0.0493. The van der Waals surface area contributed by atoms with Gasteiger partial charge in [0.05, 0.1) is 16.3 Å². The predicted octanol–water partition coefficient (Wildman–Crippen LogP) is 2.56. The molecular weight excluding hydrogens is 643 g/mol. The summed E-state index contributed by atoms with van der Waals surface area (Å²) in [6.07, 6.45) is 0. The average molecular weight is 660 g/mol. The van der Waals surface area contributed by atoms with Gasteiger partial charge in [-0.2, -0.15) is 31.0 Å². The molecule has 0 spiro atoms. The molecule has 0 aliphatic carbocycles. The van der Waals surface area contributed by atoms with Crippen molar-refractivity contribution in [3.63, 3.8) is 0 Å². The maximum absolute atomic E-state index is 13.6. The van der Waals surface area contributed by atoms with E-state index in [1.165, 1.54) is 29.7 Å². The molecule has 1 heterocycles. The van der Waals surface area contributed by atoms with Crippen LogP contribution in [-0.2, 0) is 29.7 Å². The number of rotatable bonds is 12. The van der Waals surface area contributed by atoms with E-state index >= 15 is 0 Å². The second-order valence-corrected chi connectivity index (χ2v) is 12.2. The van der Waals surface area contributed by atoms with E-state index in [-0.39, 0.29) is 32.5 Å². The molecule has 0 bridgehead atoms. The van der Waals surface area contributed by atoms with Crippen molar-refractivity contribution in [2.24, 2.45) is 0 Å². The summed E-state index contributed by atoms with van der Waals surface area (Å²) >= 11 is 5.86. The number of aromatic nitrogens is 3. The summed E-state index contributed by atoms with van der Waals surface area (Å²) in [6.45, 7) is 0. The van der Waals surface area contributed by atoms with Gasteiger partial charge in [-0.25, -0.2) is 8.42 Å². The summed E-state index contributed by atoms with van der Waals surface area (Å²) in [7, 11) is -10.8. The first-order chi connectivity index (χ1) is 18.9. The lowest BCUT2D eigenvalue weighted by Crippen LogP contribution is -2.57. The highest BCUT2D eigenvalue weighted by Crippen LogP contribution is 2.38. The Morgan fingerprint density at radius 1 is 0.976 bits per heavy atom. The van der Waals surface area contributed by atoms with Gasteiger partial charge in [0, 0.05) is 11.4 Å². The fourth-order valence-corrected chi connectivity index (χ4v) is 5.07. The van der Waals surface area contributed by atoms with E-state index in [0.29, 0.717) is 5.16 Å². The highest BCUT2D eigenvalue weighted by Gasteiger charge is 2.70. The molecule has 0 atom stereocenters. The third-order valence-electron chi connectivity index (χ3n) is 4.68. The van der Waals surface area contributed by atoms with Crippen LogP contribution in [0.3, 0.4) is 0 Å². The van der Waals surface area contributed by atoms with Gasteiger partial charge in [-0.3, -0.25) is 39.9 Å². The number of halogens is 4. The van der Waals surface area contributed by atoms with Crippen molar-refractivity contribution < 1.29 is 48.5 Å². The number of nitrogens with one attached hydrogen (secondary N) is 6. The minimum absolute atomic E-state index is 0.0488. The summed E-state index contributed by atoms with van der Waals surface area (Å²) < 4.78 is 111. The number of H-pyrrole nitrogens is 2. The number of thioether (sulfide) groups is 1. The number of hydrogen-bond donors (Lipinski definition) is 7. The lowest BCUT2D eigenvalue weighted by Gasteiger charge is -2.23. The molecule has 2 aromatic carbocycles. The lowest BCUT2D eigenvalue weighted by molar-refractivity contribution is -0.181. The summed E-state index contributed by atoms with van der Waals surface area (Å²) in [5, 5.41) is 2.03. The molecule has 3 aromatic rings. The van der Waals surface area contributed by atoms with Gasteiger partial charge in [0.25, 0.3) is 10.0 Å². The molecule has 0 fully saturated rings. The minimum Gasteiger partial charge on any atom is -0.325 e. The van der Waals surface area contributed by atoms with E-state index in [1.54, 1.807) is 0 Å². The fourth-order valence-electron chi connectivity index (χ4n) is 2.73. The van der Waals surface area contributed by atoms with E-state index in [9.17, 15) is 44.0 Å². The zero-order valence-electron chi connectivity index (χ0n) is 19.8. The van der Waals surface area contributed by atoms with Gasteiger partial charge in [-0.05, 0) is 54.7 Å². The molecule has 0 radical (unpaired) electrons. The predicted molar refractivity (Wildman–Crippen MR) is 140 cm³/mol. The van der Waals surface area contributed by atoms with Gasteiger partial charge >= 0.3 is 27.2 Å². The molecule has 1 aromatic heterocycles. The van der Waals surface area contributed by atoms with Crippen LogP contribution in [0.1, 0.15) is 0 Å². The number of aromatic amines is 2. The van der Waals surface area contributed by atoms with Crippen LogP contribution in [0.4, 0.5) is 34.6 Å². The number of sulfonamides is 1. The standard InChI is InChI=1S/C19H17F4N7O7S4/c20-18(21,19(22,23)41(35,36)37)15(32)27-26-10-4-6-11(7-5-10)30-40(33,34)13-3-1-2-12(8-13)24-14(31)9-39-17-25-16(38)28-29-17/h1-8,26,30H,9H2,(H,24,31)(H,27,32)(H,35,36,37)(H2,25,28,29,38). The number of carbonyl (C=O) groups is 2. The minimum atomic E-state index is -6.62. The van der Waals surface area contributed by atoms with Crippen LogP contribution in [0.25, 0.3) is 0 Å². The van der Waals surface area contributed by atoms with Gasteiger partial charge in [-0.15, -0.1) is 0 Å². The number of hydrazine groups is 1.